The minimum absolute atomic E-state index is 0.00626. The van der Waals surface area contributed by atoms with Crippen molar-refractivity contribution in [2.24, 2.45) is 17.3 Å². The van der Waals surface area contributed by atoms with Gasteiger partial charge in [0.05, 0.1) is 11.8 Å². The molecule has 2 aromatic rings. The number of hydrogen-bond acceptors (Lipinski definition) is 12. The monoisotopic (exact) mass is 920 g/mol. The fraction of sp³-hybridized carbons (Fsp3) is 0.609. The largest absolute Gasteiger partial charge is 0.454 e. The van der Waals surface area contributed by atoms with E-state index in [0.29, 0.717) is 43.6 Å². The highest BCUT2D eigenvalue weighted by molar-refractivity contribution is 7.91. The van der Waals surface area contributed by atoms with Crippen molar-refractivity contribution in [1.29, 1.82) is 0 Å². The number of ether oxygens (including phenoxy) is 4. The molecule has 3 heterocycles. The molecule has 0 bridgehead atoms. The van der Waals surface area contributed by atoms with Crippen LogP contribution in [0.3, 0.4) is 0 Å². The second kappa shape index (κ2) is 18.4. The Labute approximate surface area is 379 Å². The summed E-state index contributed by atoms with van der Waals surface area (Å²) in [4.78, 5) is 87.5. The summed E-state index contributed by atoms with van der Waals surface area (Å²) in [5, 5.41) is 7.89. The zero-order valence-electron chi connectivity index (χ0n) is 37.4. The van der Waals surface area contributed by atoms with Gasteiger partial charge in [-0.2, -0.15) is 0 Å². The van der Waals surface area contributed by atoms with E-state index >= 15 is 4.79 Å². The number of hydrogen-bond donors (Lipinski definition) is 4. The van der Waals surface area contributed by atoms with Gasteiger partial charge in [-0.1, -0.05) is 83.7 Å². The third kappa shape index (κ3) is 10.1. The lowest BCUT2D eigenvalue weighted by Gasteiger charge is -2.37. The molecular weight excluding hydrogens is 861 g/mol. The molecular formula is C46H60N6O12S. The number of carbonyl (C=O) groups is 6. The standard InChI is InChI=1S/C46H60N6O12S/c1-5-31-21-46(31,42(56)50-65(59,60)33-16-17-33)49-39(53)34-20-32(64-44(58)51-22-29-18-35-36(63-26-62-35)19-30(29)23-51)24-52(34)41(55)38(45(2,3)4)48-40(54)37(28-14-10-7-11-15-28)47-43(57)61-25-27-12-8-6-9-13-27/h6,8-9,12-13,18-19,28,31-34,37-38H,5,7,10-11,14-17,20-26H2,1-4H3,(H,47,57)(H,48,54)(H,49,53)(H,50,56)/t31-,32+,34-,37-,38+,46-/m0/s1. The molecule has 352 valence electrons. The van der Waals surface area contributed by atoms with Gasteiger partial charge in [-0.25, -0.2) is 18.0 Å². The van der Waals surface area contributed by atoms with Gasteiger partial charge in [-0.3, -0.25) is 28.8 Å². The van der Waals surface area contributed by atoms with Gasteiger partial charge in [-0.05, 0) is 78.2 Å². The molecule has 6 aliphatic rings. The Hall–Kier alpha value is -5.59. The zero-order chi connectivity index (χ0) is 46.3. The van der Waals surface area contributed by atoms with Crippen LogP contribution < -0.4 is 30.1 Å². The summed E-state index contributed by atoms with van der Waals surface area (Å²) < 4.78 is 50.5. The topological polar surface area (TPSA) is 228 Å². The lowest BCUT2D eigenvalue weighted by Crippen LogP contribution is -2.62. The average Bonchev–Trinajstić information content (AvgIpc) is 4.11. The molecule has 3 aliphatic carbocycles. The van der Waals surface area contributed by atoms with Gasteiger partial charge < -0.3 is 39.8 Å². The molecule has 19 heteroatoms. The highest BCUT2D eigenvalue weighted by atomic mass is 32.2. The molecule has 4 N–H and O–H groups in total. The van der Waals surface area contributed by atoms with E-state index in [4.69, 9.17) is 18.9 Å². The Kier molecular flexibility index (Phi) is 13.0. The van der Waals surface area contributed by atoms with Crippen LogP contribution in [0.1, 0.15) is 109 Å². The summed E-state index contributed by atoms with van der Waals surface area (Å²) in [5.74, 6) is -2.21. The fourth-order valence-electron chi connectivity index (χ4n) is 9.61. The van der Waals surface area contributed by atoms with Crippen molar-refractivity contribution in [3.63, 3.8) is 0 Å². The van der Waals surface area contributed by atoms with Gasteiger partial charge in [0.1, 0.15) is 36.4 Å². The Balaban J connectivity index is 1.02. The van der Waals surface area contributed by atoms with Crippen LogP contribution in [0.15, 0.2) is 42.5 Å². The molecule has 3 aliphatic heterocycles. The van der Waals surface area contributed by atoms with Crippen LogP contribution in [0.2, 0.25) is 0 Å². The smallest absolute Gasteiger partial charge is 0.410 e. The second-order valence-electron chi connectivity index (χ2n) is 19.4. The van der Waals surface area contributed by atoms with Crippen LogP contribution in [0.25, 0.3) is 0 Å². The summed E-state index contributed by atoms with van der Waals surface area (Å²) in [6.07, 6.45) is 3.04. The van der Waals surface area contributed by atoms with E-state index in [9.17, 15) is 32.4 Å². The quantitative estimate of drug-likeness (QED) is 0.210. The molecule has 0 aromatic heterocycles. The normalized spacial score (nSPS) is 24.6. The van der Waals surface area contributed by atoms with Crippen molar-refractivity contribution in [2.75, 3.05) is 13.3 Å². The maximum atomic E-state index is 15.0. The van der Waals surface area contributed by atoms with Crippen molar-refractivity contribution in [2.45, 2.75) is 147 Å². The number of rotatable bonds is 14. The summed E-state index contributed by atoms with van der Waals surface area (Å²) in [6, 6.07) is 9.25. The van der Waals surface area contributed by atoms with Gasteiger partial charge >= 0.3 is 12.2 Å². The molecule has 3 saturated carbocycles. The summed E-state index contributed by atoms with van der Waals surface area (Å²) in [7, 11) is -3.94. The van der Waals surface area contributed by atoms with Gasteiger partial charge in [0, 0.05) is 19.5 Å². The Bertz CT molecular complexity index is 2260. The minimum Gasteiger partial charge on any atom is -0.454 e. The van der Waals surface area contributed by atoms with Crippen LogP contribution in [-0.2, 0) is 58.4 Å². The predicted octanol–water partition coefficient (Wildman–Crippen LogP) is 4.14. The lowest BCUT2D eigenvalue weighted by atomic mass is 9.82. The molecule has 0 radical (unpaired) electrons. The third-order valence-corrected chi connectivity index (χ3v) is 15.4. The Morgan fingerprint density at radius 1 is 0.908 bits per heavy atom. The van der Waals surface area contributed by atoms with E-state index in [0.717, 1.165) is 36.0 Å². The first kappa shape index (κ1) is 46.0. The zero-order valence-corrected chi connectivity index (χ0v) is 38.2. The first-order chi connectivity index (χ1) is 31.0. The van der Waals surface area contributed by atoms with Crippen LogP contribution >= 0.6 is 0 Å². The van der Waals surface area contributed by atoms with E-state index in [2.05, 4.69) is 20.7 Å². The maximum absolute atomic E-state index is 15.0. The van der Waals surface area contributed by atoms with Crippen LogP contribution in [-0.4, -0.2) is 102 Å². The van der Waals surface area contributed by atoms with Crippen LogP contribution in [0.4, 0.5) is 9.59 Å². The van der Waals surface area contributed by atoms with E-state index in [1.54, 1.807) is 20.8 Å². The second-order valence-corrected chi connectivity index (χ2v) is 21.4. The molecule has 0 unspecified atom stereocenters. The van der Waals surface area contributed by atoms with Crippen LogP contribution in [0.5, 0.6) is 11.5 Å². The number of amides is 6. The molecule has 4 fully saturated rings. The number of alkyl carbamates (subject to hydrolysis) is 1. The number of carbonyl (C=O) groups excluding carboxylic acids is 6. The van der Waals surface area contributed by atoms with Crippen molar-refractivity contribution in [3.8, 4) is 11.5 Å². The lowest BCUT2D eigenvalue weighted by molar-refractivity contribution is -0.145. The minimum atomic E-state index is -3.94. The molecule has 1 saturated heterocycles. The van der Waals surface area contributed by atoms with Crippen molar-refractivity contribution in [3.05, 3.63) is 59.2 Å². The number of benzene rings is 2. The highest BCUT2D eigenvalue weighted by Gasteiger charge is 2.62. The number of nitrogens with zero attached hydrogens (tertiary/aromatic N) is 2. The van der Waals surface area contributed by atoms with Gasteiger partial charge in [0.2, 0.25) is 34.5 Å². The van der Waals surface area contributed by atoms with Crippen molar-refractivity contribution < 1.29 is 56.1 Å². The van der Waals surface area contributed by atoms with Crippen molar-refractivity contribution in [1.82, 2.24) is 30.5 Å². The maximum Gasteiger partial charge on any atom is 0.410 e. The molecule has 6 amide bonds. The average molecular weight is 921 g/mol. The fourth-order valence-corrected chi connectivity index (χ4v) is 11.0. The number of likely N-dealkylation sites (tertiary alicyclic amines) is 1. The van der Waals surface area contributed by atoms with E-state index in [1.165, 1.54) is 9.80 Å². The summed E-state index contributed by atoms with van der Waals surface area (Å²) in [5.41, 5.74) is 0.0299. The SMILES string of the molecule is CC[C@H]1C[C@@]1(NC(=O)[C@@H]1C[C@@H](OC(=O)N2Cc3cc4c(cc3C2)OCO4)CN1C(=O)[C@@H](NC(=O)[C@@H](NC(=O)OCc1ccccc1)C1CCCCC1)C(C)(C)C)C(=O)NS(=O)(=O)C1CC1. The molecule has 6 atom stereocenters. The predicted molar refractivity (Wildman–Crippen MR) is 233 cm³/mol. The molecule has 0 spiro atoms. The van der Waals surface area contributed by atoms with Gasteiger partial charge in [0.15, 0.2) is 11.5 Å². The molecule has 8 rings (SSSR count). The number of sulfonamides is 1. The van der Waals surface area contributed by atoms with E-state index in [-0.39, 0.29) is 57.7 Å². The third-order valence-electron chi connectivity index (χ3n) is 13.6. The Morgan fingerprint density at radius 3 is 2.17 bits per heavy atom. The number of nitrogens with one attached hydrogen (secondary N) is 4. The van der Waals surface area contributed by atoms with Gasteiger partial charge in [0.25, 0.3) is 5.91 Å². The molecule has 18 nitrogen and oxygen atoms in total. The van der Waals surface area contributed by atoms with E-state index in [1.807, 2.05) is 49.4 Å². The summed E-state index contributed by atoms with van der Waals surface area (Å²) in [6.45, 7) is 7.49. The molecule has 65 heavy (non-hydrogen) atoms. The highest BCUT2D eigenvalue weighted by Crippen LogP contribution is 2.47. The van der Waals surface area contributed by atoms with Crippen molar-refractivity contribution >= 4 is 45.8 Å². The van der Waals surface area contributed by atoms with Crippen LogP contribution in [0, 0.1) is 17.3 Å². The first-order valence-corrected chi connectivity index (χ1v) is 24.3. The summed E-state index contributed by atoms with van der Waals surface area (Å²) >= 11 is 0. The first-order valence-electron chi connectivity index (χ1n) is 22.8. The Morgan fingerprint density at radius 2 is 1.57 bits per heavy atom. The molecule has 2 aromatic carbocycles. The van der Waals surface area contributed by atoms with E-state index < -0.39 is 86.3 Å². The number of fused-ring (bicyclic) bond motifs is 2. The van der Waals surface area contributed by atoms with Gasteiger partial charge in [-0.15, -0.1) is 0 Å².